The SMILES string of the molecule is C[C@]12CC[C@@H]3[C@]1(C)C[C@]32N. The maximum atomic E-state index is 6.26. The van der Waals surface area contributed by atoms with Gasteiger partial charge in [-0.2, -0.15) is 0 Å². The van der Waals surface area contributed by atoms with Crippen LogP contribution in [0.15, 0.2) is 0 Å². The molecule has 0 saturated heterocycles. The summed E-state index contributed by atoms with van der Waals surface area (Å²) in [6, 6.07) is 0. The minimum Gasteiger partial charge on any atom is -0.324 e. The molecule has 10 heavy (non-hydrogen) atoms. The molecule has 56 valence electrons. The van der Waals surface area contributed by atoms with Crippen molar-refractivity contribution >= 4 is 0 Å². The maximum absolute atomic E-state index is 6.26. The molecule has 5 aliphatic rings. The standard InChI is InChI=1S/C9H15N/c1-7-5-9(10)6(7)3-4-8(7,9)2/h6H,3-5,10H2,1-2H3/t6-,7+,8+,9+/m1/s1. The van der Waals surface area contributed by atoms with E-state index in [1.54, 1.807) is 0 Å². The highest BCUT2D eigenvalue weighted by Gasteiger charge is 2.87. The van der Waals surface area contributed by atoms with E-state index >= 15 is 0 Å². The minimum atomic E-state index is 0.293. The van der Waals surface area contributed by atoms with Gasteiger partial charge in [-0.05, 0) is 36.0 Å². The predicted molar refractivity (Wildman–Crippen MR) is 40.5 cm³/mol. The van der Waals surface area contributed by atoms with Gasteiger partial charge in [0.25, 0.3) is 0 Å². The fourth-order valence-electron chi connectivity index (χ4n) is 4.33. The highest BCUT2D eigenvalue weighted by Crippen LogP contribution is 2.87. The zero-order valence-corrected chi connectivity index (χ0v) is 6.78. The van der Waals surface area contributed by atoms with Crippen LogP contribution in [0.5, 0.6) is 0 Å². The molecule has 0 heterocycles. The quantitative estimate of drug-likeness (QED) is 0.538. The van der Waals surface area contributed by atoms with Crippen molar-refractivity contribution in [2.75, 3.05) is 0 Å². The Morgan fingerprint density at radius 3 is 2.30 bits per heavy atom. The average Bonchev–Trinajstić information content (AvgIpc) is 2.19. The van der Waals surface area contributed by atoms with Gasteiger partial charge in [-0.15, -0.1) is 0 Å². The molecule has 0 aromatic rings. The summed E-state index contributed by atoms with van der Waals surface area (Å²) in [7, 11) is 0. The third-order valence-electron chi connectivity index (χ3n) is 5.27. The Balaban J connectivity index is 2.16. The molecule has 1 heteroatoms. The molecule has 0 aliphatic heterocycles. The van der Waals surface area contributed by atoms with Gasteiger partial charge in [-0.1, -0.05) is 13.8 Å². The molecule has 5 rings (SSSR count). The van der Waals surface area contributed by atoms with Crippen molar-refractivity contribution in [1.82, 2.24) is 0 Å². The third-order valence-corrected chi connectivity index (χ3v) is 5.27. The van der Waals surface area contributed by atoms with Gasteiger partial charge in [-0.3, -0.25) is 0 Å². The molecule has 0 aromatic heterocycles. The topological polar surface area (TPSA) is 26.0 Å². The van der Waals surface area contributed by atoms with Crippen molar-refractivity contribution in [3.8, 4) is 0 Å². The van der Waals surface area contributed by atoms with Gasteiger partial charge in [0.2, 0.25) is 0 Å². The van der Waals surface area contributed by atoms with Gasteiger partial charge in [0.1, 0.15) is 0 Å². The van der Waals surface area contributed by atoms with Crippen molar-refractivity contribution in [2.24, 2.45) is 22.5 Å². The lowest BCUT2D eigenvalue weighted by Gasteiger charge is -2.81. The summed E-state index contributed by atoms with van der Waals surface area (Å²) in [6.07, 6.45) is 4.11. The van der Waals surface area contributed by atoms with Crippen LogP contribution in [0, 0.1) is 16.7 Å². The van der Waals surface area contributed by atoms with Crippen LogP contribution in [0.2, 0.25) is 0 Å². The Bertz CT molecular complexity index is 207. The number of fused-ring (bicyclic) bond motifs is 1. The first-order valence-corrected chi connectivity index (χ1v) is 4.33. The van der Waals surface area contributed by atoms with Crippen molar-refractivity contribution in [3.05, 3.63) is 0 Å². The normalized spacial score (nSPS) is 76.5. The Labute approximate surface area is 62.0 Å². The monoisotopic (exact) mass is 137 g/mol. The third kappa shape index (κ3) is 0.219. The summed E-state index contributed by atoms with van der Waals surface area (Å²) < 4.78 is 0. The molecule has 0 radical (unpaired) electrons. The van der Waals surface area contributed by atoms with Crippen molar-refractivity contribution in [3.63, 3.8) is 0 Å². The molecule has 5 fully saturated rings. The van der Waals surface area contributed by atoms with E-state index in [-0.39, 0.29) is 0 Å². The fourth-order valence-corrected chi connectivity index (χ4v) is 4.33. The first-order valence-electron chi connectivity index (χ1n) is 4.33. The summed E-state index contributed by atoms with van der Waals surface area (Å²) in [5.41, 5.74) is 7.76. The average molecular weight is 137 g/mol. The molecule has 1 nitrogen and oxygen atoms in total. The minimum absolute atomic E-state index is 0.293. The zero-order chi connectivity index (χ0) is 7.20. The molecule has 4 atom stereocenters. The lowest BCUT2D eigenvalue weighted by molar-refractivity contribution is -0.285. The summed E-state index contributed by atoms with van der Waals surface area (Å²) in [5.74, 6) is 0.894. The van der Waals surface area contributed by atoms with Crippen LogP contribution in [0.3, 0.4) is 0 Å². The Hall–Kier alpha value is -0.0400. The van der Waals surface area contributed by atoms with Gasteiger partial charge < -0.3 is 5.73 Å². The molecule has 5 aliphatic carbocycles. The highest BCUT2D eigenvalue weighted by molar-refractivity contribution is 5.40. The second-order valence-corrected chi connectivity index (χ2v) is 5.06. The summed E-state index contributed by atoms with van der Waals surface area (Å²) >= 11 is 0. The smallest absolute Gasteiger partial charge is 0.0253 e. The van der Waals surface area contributed by atoms with Crippen LogP contribution in [-0.4, -0.2) is 5.54 Å². The summed E-state index contributed by atoms with van der Waals surface area (Å²) in [6.45, 7) is 4.82. The zero-order valence-electron chi connectivity index (χ0n) is 6.78. The van der Waals surface area contributed by atoms with Crippen LogP contribution in [0.1, 0.15) is 33.1 Å². The first kappa shape index (κ1) is 5.59. The van der Waals surface area contributed by atoms with E-state index in [4.69, 9.17) is 5.73 Å². The van der Waals surface area contributed by atoms with E-state index < -0.39 is 0 Å². The first-order chi connectivity index (χ1) is 4.55. The van der Waals surface area contributed by atoms with Gasteiger partial charge in [0, 0.05) is 5.54 Å². The van der Waals surface area contributed by atoms with E-state index in [9.17, 15) is 0 Å². The molecule has 2 N–H and O–H groups in total. The number of nitrogens with two attached hydrogens (primary N) is 1. The van der Waals surface area contributed by atoms with Crippen LogP contribution >= 0.6 is 0 Å². The largest absolute Gasteiger partial charge is 0.324 e. The summed E-state index contributed by atoms with van der Waals surface area (Å²) in [4.78, 5) is 0. The maximum Gasteiger partial charge on any atom is 0.0253 e. The van der Waals surface area contributed by atoms with Gasteiger partial charge in [0.15, 0.2) is 0 Å². The van der Waals surface area contributed by atoms with Crippen LogP contribution in [0.4, 0.5) is 0 Å². The van der Waals surface area contributed by atoms with E-state index in [2.05, 4.69) is 13.8 Å². The van der Waals surface area contributed by atoms with Crippen molar-refractivity contribution in [1.29, 1.82) is 0 Å². The lowest BCUT2D eigenvalue weighted by Crippen LogP contribution is -2.86. The number of hydrogen-bond acceptors (Lipinski definition) is 1. The number of hydrogen-bond donors (Lipinski definition) is 1. The van der Waals surface area contributed by atoms with E-state index in [1.165, 1.54) is 19.3 Å². The highest BCUT2D eigenvalue weighted by atomic mass is 15.1. The van der Waals surface area contributed by atoms with Crippen LogP contribution < -0.4 is 5.73 Å². The van der Waals surface area contributed by atoms with Crippen LogP contribution in [0.25, 0.3) is 0 Å². The van der Waals surface area contributed by atoms with E-state index in [0.717, 1.165) is 5.92 Å². The Kier molecular flexibility index (Phi) is 0.553. The number of rotatable bonds is 0. The van der Waals surface area contributed by atoms with E-state index in [0.29, 0.717) is 16.4 Å². The molecule has 4 bridgehead atoms. The Morgan fingerprint density at radius 2 is 2.10 bits per heavy atom. The Morgan fingerprint density at radius 1 is 1.40 bits per heavy atom. The van der Waals surface area contributed by atoms with Crippen molar-refractivity contribution < 1.29 is 0 Å². The van der Waals surface area contributed by atoms with Gasteiger partial charge in [-0.25, -0.2) is 0 Å². The predicted octanol–water partition coefficient (Wildman–Crippen LogP) is 1.52. The molecule has 0 amide bonds. The molecule has 0 aromatic carbocycles. The summed E-state index contributed by atoms with van der Waals surface area (Å²) in [5, 5.41) is 0. The van der Waals surface area contributed by atoms with Crippen molar-refractivity contribution in [2.45, 2.75) is 38.6 Å². The molecule has 0 unspecified atom stereocenters. The van der Waals surface area contributed by atoms with Gasteiger partial charge in [0.05, 0.1) is 0 Å². The lowest BCUT2D eigenvalue weighted by atomic mass is 9.26. The molecule has 0 spiro atoms. The fraction of sp³-hybridized carbons (Fsp3) is 1.00. The van der Waals surface area contributed by atoms with Gasteiger partial charge >= 0.3 is 0 Å². The van der Waals surface area contributed by atoms with Crippen LogP contribution in [-0.2, 0) is 0 Å². The molecule has 5 saturated carbocycles. The second-order valence-electron chi connectivity index (χ2n) is 5.06. The molecular formula is C9H15N. The second kappa shape index (κ2) is 0.989. The molecular weight excluding hydrogens is 122 g/mol. The van der Waals surface area contributed by atoms with E-state index in [1.807, 2.05) is 0 Å².